The van der Waals surface area contributed by atoms with E-state index >= 15 is 0 Å². The van der Waals surface area contributed by atoms with E-state index in [4.69, 9.17) is 9.47 Å². The van der Waals surface area contributed by atoms with Crippen molar-refractivity contribution < 1.29 is 14.3 Å². The lowest BCUT2D eigenvalue weighted by atomic mass is 10.2. The van der Waals surface area contributed by atoms with Gasteiger partial charge in [-0.1, -0.05) is 42.1 Å². The van der Waals surface area contributed by atoms with Gasteiger partial charge in [-0.3, -0.25) is 4.79 Å². The van der Waals surface area contributed by atoms with Gasteiger partial charge in [-0.05, 0) is 17.7 Å². The number of amides is 1. The lowest BCUT2D eigenvalue weighted by Gasteiger charge is -2.11. The Kier molecular flexibility index (Phi) is 6.38. The van der Waals surface area contributed by atoms with E-state index in [0.29, 0.717) is 17.2 Å². The van der Waals surface area contributed by atoms with Crippen LogP contribution in [-0.2, 0) is 11.3 Å². The molecule has 7 heteroatoms. The first-order valence-electron chi connectivity index (χ1n) is 8.39. The predicted octanol–water partition coefficient (Wildman–Crippen LogP) is 3.68. The molecule has 6 nitrogen and oxygen atoms in total. The highest BCUT2D eigenvalue weighted by Gasteiger charge is 2.10. The van der Waals surface area contributed by atoms with E-state index < -0.39 is 0 Å². The molecule has 1 N–H and O–H groups in total. The summed E-state index contributed by atoms with van der Waals surface area (Å²) in [6, 6.07) is 15.4. The fourth-order valence-electron chi connectivity index (χ4n) is 2.58. The minimum atomic E-state index is -0.110. The molecular formula is C20H21N3O3S. The summed E-state index contributed by atoms with van der Waals surface area (Å²) in [6.07, 6.45) is 3.67. The van der Waals surface area contributed by atoms with Gasteiger partial charge >= 0.3 is 0 Å². The molecule has 27 heavy (non-hydrogen) atoms. The molecule has 0 saturated carbocycles. The van der Waals surface area contributed by atoms with Crippen molar-refractivity contribution in [3.05, 3.63) is 66.5 Å². The number of nitrogens with zero attached hydrogens (tertiary/aromatic N) is 2. The van der Waals surface area contributed by atoms with Crippen LogP contribution in [0.2, 0.25) is 0 Å². The van der Waals surface area contributed by atoms with Crippen LogP contribution in [0.15, 0.2) is 66.1 Å². The zero-order valence-electron chi connectivity index (χ0n) is 15.2. The van der Waals surface area contributed by atoms with E-state index in [9.17, 15) is 4.79 Å². The maximum absolute atomic E-state index is 12.3. The molecule has 0 bridgehead atoms. The van der Waals surface area contributed by atoms with E-state index in [1.54, 1.807) is 38.6 Å². The number of carbonyl (C=O) groups is 1. The van der Waals surface area contributed by atoms with Crippen molar-refractivity contribution in [1.82, 2.24) is 9.55 Å². The molecule has 0 aliphatic heterocycles. The van der Waals surface area contributed by atoms with Gasteiger partial charge in [0.1, 0.15) is 0 Å². The fraction of sp³-hybridized carbons (Fsp3) is 0.200. The van der Waals surface area contributed by atoms with Crippen molar-refractivity contribution >= 4 is 23.4 Å². The highest BCUT2D eigenvalue weighted by atomic mass is 32.2. The number of hydrogen-bond donors (Lipinski definition) is 1. The highest BCUT2D eigenvalue weighted by Crippen LogP contribution is 2.29. The van der Waals surface area contributed by atoms with E-state index in [1.807, 2.05) is 29.0 Å². The van der Waals surface area contributed by atoms with Crippen LogP contribution in [0.5, 0.6) is 11.5 Å². The molecular weight excluding hydrogens is 362 g/mol. The van der Waals surface area contributed by atoms with E-state index in [-0.39, 0.29) is 11.7 Å². The summed E-state index contributed by atoms with van der Waals surface area (Å²) in [7, 11) is 3.14. The summed E-state index contributed by atoms with van der Waals surface area (Å²) in [5.74, 6) is 1.34. The van der Waals surface area contributed by atoms with Crippen LogP contribution in [0.1, 0.15) is 5.56 Å². The Bertz CT molecular complexity index is 896. The van der Waals surface area contributed by atoms with Gasteiger partial charge < -0.3 is 19.4 Å². The fourth-order valence-corrected chi connectivity index (χ4v) is 3.34. The molecule has 0 radical (unpaired) electrons. The first-order valence-corrected chi connectivity index (χ1v) is 9.38. The second-order valence-electron chi connectivity index (χ2n) is 5.73. The van der Waals surface area contributed by atoms with Crippen LogP contribution in [0.3, 0.4) is 0 Å². The van der Waals surface area contributed by atoms with Crippen molar-refractivity contribution in [3.8, 4) is 11.5 Å². The normalized spacial score (nSPS) is 10.4. The number of aromatic nitrogens is 2. The quantitative estimate of drug-likeness (QED) is 0.601. The molecule has 3 rings (SSSR count). The van der Waals surface area contributed by atoms with Crippen LogP contribution >= 0.6 is 11.8 Å². The molecule has 2 aromatic carbocycles. The Morgan fingerprint density at radius 2 is 1.89 bits per heavy atom. The molecule has 0 atom stereocenters. The topological polar surface area (TPSA) is 65.4 Å². The average Bonchev–Trinajstić information content (AvgIpc) is 3.14. The molecule has 0 aliphatic carbocycles. The molecule has 140 valence electrons. The van der Waals surface area contributed by atoms with Crippen LogP contribution in [-0.4, -0.2) is 35.4 Å². The van der Waals surface area contributed by atoms with Crippen molar-refractivity contribution in [2.45, 2.75) is 11.7 Å². The number of rotatable bonds is 8. The molecule has 1 aromatic heterocycles. The lowest BCUT2D eigenvalue weighted by molar-refractivity contribution is -0.113. The largest absolute Gasteiger partial charge is 0.493 e. The number of anilines is 1. The molecule has 0 saturated heterocycles. The van der Waals surface area contributed by atoms with Gasteiger partial charge in [0.15, 0.2) is 16.7 Å². The molecule has 0 unspecified atom stereocenters. The monoisotopic (exact) mass is 383 g/mol. The van der Waals surface area contributed by atoms with Gasteiger partial charge in [0, 0.05) is 30.7 Å². The third-order valence-electron chi connectivity index (χ3n) is 3.87. The van der Waals surface area contributed by atoms with E-state index in [0.717, 1.165) is 11.7 Å². The maximum Gasteiger partial charge on any atom is 0.234 e. The summed E-state index contributed by atoms with van der Waals surface area (Å²) >= 11 is 1.40. The van der Waals surface area contributed by atoms with Crippen LogP contribution in [0.25, 0.3) is 0 Å². The summed E-state index contributed by atoms with van der Waals surface area (Å²) in [5.41, 5.74) is 1.85. The Morgan fingerprint density at radius 3 is 2.63 bits per heavy atom. The zero-order chi connectivity index (χ0) is 19.1. The standard InChI is InChI=1S/C20H21N3O3S/c1-25-17-9-8-16(12-18(17)26-2)22-19(24)14-27-20-21-10-11-23(20)13-15-6-4-3-5-7-15/h3-12H,13-14H2,1-2H3,(H,22,24). The predicted molar refractivity (Wildman–Crippen MR) is 107 cm³/mol. The van der Waals surface area contributed by atoms with Gasteiger partial charge in [-0.2, -0.15) is 0 Å². The third-order valence-corrected chi connectivity index (χ3v) is 4.88. The molecule has 3 aromatic rings. The Balaban J connectivity index is 1.58. The van der Waals surface area contributed by atoms with Crippen molar-refractivity contribution in [1.29, 1.82) is 0 Å². The number of carbonyl (C=O) groups excluding carboxylic acids is 1. The number of nitrogens with one attached hydrogen (secondary N) is 1. The zero-order valence-corrected chi connectivity index (χ0v) is 16.0. The average molecular weight is 383 g/mol. The summed E-state index contributed by atoms with van der Waals surface area (Å²) in [6.45, 7) is 0.723. The minimum absolute atomic E-state index is 0.110. The number of thioether (sulfide) groups is 1. The van der Waals surface area contributed by atoms with Crippen molar-refractivity contribution in [3.63, 3.8) is 0 Å². The number of imidazole rings is 1. The van der Waals surface area contributed by atoms with Crippen LogP contribution < -0.4 is 14.8 Å². The summed E-state index contributed by atoms with van der Waals surface area (Å²) < 4.78 is 12.5. The molecule has 1 heterocycles. The summed E-state index contributed by atoms with van der Waals surface area (Å²) in [4.78, 5) is 16.6. The Labute approximate surface area is 162 Å². The van der Waals surface area contributed by atoms with Crippen molar-refractivity contribution in [2.75, 3.05) is 25.3 Å². The first kappa shape index (κ1) is 18.8. The number of ether oxygens (including phenoxy) is 2. The second-order valence-corrected chi connectivity index (χ2v) is 6.67. The Hall–Kier alpha value is -2.93. The van der Waals surface area contributed by atoms with E-state index in [1.165, 1.54) is 17.3 Å². The SMILES string of the molecule is COc1ccc(NC(=O)CSc2nccn2Cc2ccccc2)cc1OC. The molecule has 0 aliphatic rings. The number of methoxy groups -OCH3 is 2. The Morgan fingerprint density at radius 1 is 1.11 bits per heavy atom. The maximum atomic E-state index is 12.3. The van der Waals surface area contributed by atoms with E-state index in [2.05, 4.69) is 22.4 Å². The van der Waals surface area contributed by atoms with Gasteiger partial charge in [0.05, 0.1) is 20.0 Å². The third kappa shape index (κ3) is 5.04. The molecule has 1 amide bonds. The summed E-state index contributed by atoms with van der Waals surface area (Å²) in [5, 5.41) is 3.67. The second kappa shape index (κ2) is 9.14. The van der Waals surface area contributed by atoms with Crippen LogP contribution in [0, 0.1) is 0 Å². The number of benzene rings is 2. The minimum Gasteiger partial charge on any atom is -0.493 e. The van der Waals surface area contributed by atoms with Gasteiger partial charge in [-0.25, -0.2) is 4.98 Å². The lowest BCUT2D eigenvalue weighted by Crippen LogP contribution is -2.14. The van der Waals surface area contributed by atoms with Crippen LogP contribution in [0.4, 0.5) is 5.69 Å². The first-order chi connectivity index (χ1) is 13.2. The number of hydrogen-bond acceptors (Lipinski definition) is 5. The smallest absolute Gasteiger partial charge is 0.234 e. The van der Waals surface area contributed by atoms with Gasteiger partial charge in [0.2, 0.25) is 5.91 Å². The van der Waals surface area contributed by atoms with Crippen molar-refractivity contribution in [2.24, 2.45) is 0 Å². The van der Waals surface area contributed by atoms with Gasteiger partial charge in [0.25, 0.3) is 0 Å². The highest BCUT2D eigenvalue weighted by molar-refractivity contribution is 7.99. The van der Waals surface area contributed by atoms with Gasteiger partial charge in [-0.15, -0.1) is 0 Å². The molecule has 0 spiro atoms. The molecule has 0 fully saturated rings.